The molecule has 0 aliphatic heterocycles. The predicted molar refractivity (Wildman–Crippen MR) is 66.2 cm³/mol. The summed E-state index contributed by atoms with van der Waals surface area (Å²) in [5, 5.41) is 11.6. The number of anilines is 1. The summed E-state index contributed by atoms with van der Waals surface area (Å²) in [6, 6.07) is 6.16. The Morgan fingerprint density at radius 1 is 1.29 bits per heavy atom. The number of benzene rings is 1. The minimum atomic E-state index is -3.39. The van der Waals surface area contributed by atoms with Crippen molar-refractivity contribution >= 4 is 15.5 Å². The second-order valence-electron chi connectivity index (χ2n) is 3.55. The Morgan fingerprint density at radius 3 is 2.35 bits per heavy atom. The van der Waals surface area contributed by atoms with Crippen LogP contribution in [0.5, 0.6) is 0 Å². The first-order valence-electron chi connectivity index (χ1n) is 5.15. The topological polar surface area (TPSA) is 118 Å². The quantitative estimate of drug-likeness (QED) is 0.492. The van der Waals surface area contributed by atoms with Gasteiger partial charge in [0.1, 0.15) is 0 Å². The molecule has 0 spiro atoms. The summed E-state index contributed by atoms with van der Waals surface area (Å²) in [5.74, 6) is -0.276. The van der Waals surface area contributed by atoms with Crippen molar-refractivity contribution in [3.8, 4) is 0 Å². The fourth-order valence-corrected chi connectivity index (χ4v) is 2.30. The van der Waals surface area contributed by atoms with Crippen LogP contribution in [0.2, 0.25) is 0 Å². The summed E-state index contributed by atoms with van der Waals surface area (Å²) < 4.78 is 23.2. The number of aliphatic hydroxyl groups is 1. The molecule has 1 unspecified atom stereocenters. The molecule has 0 fully saturated rings. The Hall–Kier alpha value is -1.15. The Bertz CT molecular complexity index is 444. The molecule has 0 bridgehead atoms. The average Bonchev–Trinajstić information content (AvgIpc) is 2.29. The molecule has 0 aliphatic carbocycles. The van der Waals surface area contributed by atoms with E-state index >= 15 is 0 Å². The summed E-state index contributed by atoms with van der Waals surface area (Å²) in [6.07, 6.45) is -0.366. The van der Waals surface area contributed by atoms with E-state index in [1.165, 1.54) is 12.1 Å². The van der Waals surface area contributed by atoms with E-state index in [4.69, 9.17) is 16.6 Å². The molecule has 1 aromatic carbocycles. The van der Waals surface area contributed by atoms with Crippen LogP contribution in [-0.4, -0.2) is 38.6 Å². The van der Waals surface area contributed by atoms with Gasteiger partial charge >= 0.3 is 0 Å². The zero-order valence-electron chi connectivity index (χ0n) is 9.33. The third kappa shape index (κ3) is 3.97. The van der Waals surface area contributed by atoms with Gasteiger partial charge in [0.2, 0.25) is 0 Å². The number of rotatable bonds is 6. The molecule has 1 rings (SSSR count). The maximum Gasteiger partial charge on any atom is 0.180 e. The van der Waals surface area contributed by atoms with Crippen molar-refractivity contribution in [3.05, 3.63) is 24.3 Å². The minimum Gasteiger partial charge on any atom is -0.395 e. The van der Waals surface area contributed by atoms with E-state index in [1.54, 1.807) is 12.1 Å². The van der Waals surface area contributed by atoms with Gasteiger partial charge in [0.15, 0.2) is 9.84 Å². The predicted octanol–water partition coefficient (Wildman–Crippen LogP) is -0.892. The van der Waals surface area contributed by atoms with Crippen LogP contribution >= 0.6 is 0 Å². The lowest BCUT2D eigenvalue weighted by Gasteiger charge is -2.13. The molecule has 6 nitrogen and oxygen atoms in total. The maximum absolute atomic E-state index is 11.6. The van der Waals surface area contributed by atoms with Crippen molar-refractivity contribution in [2.45, 2.75) is 11.1 Å². The highest BCUT2D eigenvalue weighted by atomic mass is 32.2. The van der Waals surface area contributed by atoms with Crippen LogP contribution in [0.4, 0.5) is 5.69 Å². The summed E-state index contributed by atoms with van der Waals surface area (Å²) in [4.78, 5) is 0.179. The largest absolute Gasteiger partial charge is 0.395 e. The Morgan fingerprint density at radius 2 is 1.88 bits per heavy atom. The smallest absolute Gasteiger partial charge is 0.180 e. The second-order valence-corrected chi connectivity index (χ2v) is 5.66. The first-order chi connectivity index (χ1) is 7.99. The van der Waals surface area contributed by atoms with Gasteiger partial charge in [-0.15, -0.1) is 0 Å². The van der Waals surface area contributed by atoms with E-state index in [1.807, 2.05) is 0 Å². The number of sulfone groups is 1. The van der Waals surface area contributed by atoms with Crippen molar-refractivity contribution in [3.63, 3.8) is 0 Å². The summed E-state index contributed by atoms with van der Waals surface area (Å²) in [5.41, 5.74) is 11.6. The van der Waals surface area contributed by atoms with Gasteiger partial charge in [-0.3, -0.25) is 0 Å². The van der Waals surface area contributed by atoms with Gasteiger partial charge in [-0.25, -0.2) is 8.42 Å². The fourth-order valence-electron chi connectivity index (χ4n) is 1.27. The van der Waals surface area contributed by atoms with Crippen LogP contribution in [0.3, 0.4) is 0 Å². The lowest BCUT2D eigenvalue weighted by atomic mass is 10.3. The van der Waals surface area contributed by atoms with Crippen LogP contribution in [0, 0.1) is 0 Å². The summed E-state index contributed by atoms with van der Waals surface area (Å²) in [6.45, 7) is -0.106. The number of nitrogens with one attached hydrogen (secondary N) is 1. The molecule has 0 radical (unpaired) electrons. The van der Waals surface area contributed by atoms with E-state index in [-0.39, 0.29) is 30.0 Å². The van der Waals surface area contributed by atoms with Crippen LogP contribution in [-0.2, 0) is 9.84 Å². The van der Waals surface area contributed by atoms with Crippen LogP contribution in [0.15, 0.2) is 29.2 Å². The number of hydrogen-bond donors (Lipinski definition) is 4. The molecule has 7 heteroatoms. The Kier molecular flexibility index (Phi) is 4.88. The van der Waals surface area contributed by atoms with Gasteiger partial charge in [0.05, 0.1) is 23.4 Å². The van der Waals surface area contributed by atoms with Gasteiger partial charge in [0, 0.05) is 12.2 Å². The van der Waals surface area contributed by atoms with Gasteiger partial charge in [-0.05, 0) is 24.3 Å². The average molecular weight is 259 g/mol. The minimum absolute atomic E-state index is 0.179. The lowest BCUT2D eigenvalue weighted by molar-refractivity contribution is 0.319. The lowest BCUT2D eigenvalue weighted by Crippen LogP contribution is -2.37. The molecule has 96 valence electrons. The monoisotopic (exact) mass is 259 g/mol. The number of hydrogen-bond acceptors (Lipinski definition) is 6. The molecule has 6 N–H and O–H groups in total. The first-order valence-corrected chi connectivity index (χ1v) is 6.80. The highest BCUT2D eigenvalue weighted by molar-refractivity contribution is 7.91. The van der Waals surface area contributed by atoms with E-state index in [0.29, 0.717) is 5.69 Å². The molecular weight excluding hydrogens is 242 g/mol. The van der Waals surface area contributed by atoms with Gasteiger partial charge < -0.3 is 21.9 Å². The van der Waals surface area contributed by atoms with Crippen molar-refractivity contribution in [1.29, 1.82) is 0 Å². The molecule has 0 aliphatic rings. The van der Waals surface area contributed by atoms with E-state index in [0.717, 1.165) is 0 Å². The molecule has 17 heavy (non-hydrogen) atoms. The number of nitrogens with two attached hydrogens (primary N) is 2. The zero-order valence-corrected chi connectivity index (χ0v) is 10.2. The molecule has 1 aromatic rings. The third-order valence-electron chi connectivity index (χ3n) is 2.18. The maximum atomic E-state index is 11.6. The SMILES string of the molecule is NCC(N)Nc1ccc(S(=O)(=O)CCO)cc1. The second kappa shape index (κ2) is 5.97. The Balaban J connectivity index is 2.81. The van der Waals surface area contributed by atoms with E-state index in [9.17, 15) is 8.42 Å². The van der Waals surface area contributed by atoms with E-state index < -0.39 is 9.84 Å². The first kappa shape index (κ1) is 13.9. The van der Waals surface area contributed by atoms with Gasteiger partial charge in [0.25, 0.3) is 0 Å². The highest BCUT2D eigenvalue weighted by Crippen LogP contribution is 2.15. The molecule has 0 aromatic heterocycles. The van der Waals surface area contributed by atoms with Crippen molar-refractivity contribution in [1.82, 2.24) is 0 Å². The standard InChI is InChI=1S/C10H17N3O3S/c11-7-10(12)13-8-1-3-9(4-2-8)17(15,16)6-5-14/h1-4,10,13-14H,5-7,11-12H2. The Labute approximate surface area is 101 Å². The fraction of sp³-hybridized carbons (Fsp3) is 0.400. The summed E-state index contributed by atoms with van der Waals surface area (Å²) in [7, 11) is -3.39. The summed E-state index contributed by atoms with van der Waals surface area (Å²) >= 11 is 0. The van der Waals surface area contributed by atoms with Crippen molar-refractivity contribution < 1.29 is 13.5 Å². The molecule has 0 saturated heterocycles. The van der Waals surface area contributed by atoms with Crippen LogP contribution < -0.4 is 16.8 Å². The van der Waals surface area contributed by atoms with Crippen LogP contribution in [0.1, 0.15) is 0 Å². The van der Waals surface area contributed by atoms with Gasteiger partial charge in [-0.2, -0.15) is 0 Å². The van der Waals surface area contributed by atoms with Gasteiger partial charge in [-0.1, -0.05) is 0 Å². The van der Waals surface area contributed by atoms with Crippen molar-refractivity contribution in [2.24, 2.45) is 11.5 Å². The third-order valence-corrected chi connectivity index (χ3v) is 3.89. The molecule has 0 heterocycles. The normalized spacial score (nSPS) is 13.4. The van der Waals surface area contributed by atoms with E-state index in [2.05, 4.69) is 5.32 Å². The molecule has 0 amide bonds. The molecular formula is C10H17N3O3S. The van der Waals surface area contributed by atoms with Crippen LogP contribution in [0.25, 0.3) is 0 Å². The van der Waals surface area contributed by atoms with Crippen molar-refractivity contribution in [2.75, 3.05) is 24.2 Å². The number of aliphatic hydroxyl groups excluding tert-OH is 1. The molecule has 0 saturated carbocycles. The highest BCUT2D eigenvalue weighted by Gasteiger charge is 2.13. The zero-order chi connectivity index (χ0) is 12.9. The molecule has 1 atom stereocenters.